The molecule has 20 heavy (non-hydrogen) atoms. The highest BCUT2D eigenvalue weighted by molar-refractivity contribution is 5.77. The lowest BCUT2D eigenvalue weighted by Crippen LogP contribution is -2.52. The van der Waals surface area contributed by atoms with Crippen molar-refractivity contribution in [3.05, 3.63) is 0 Å². The molecule has 2 N–H and O–H groups in total. The number of piperidine rings is 1. The summed E-state index contributed by atoms with van der Waals surface area (Å²) in [6, 6.07) is 1.31. The summed E-state index contributed by atoms with van der Waals surface area (Å²) < 4.78 is 0. The van der Waals surface area contributed by atoms with Crippen LogP contribution in [0.2, 0.25) is 0 Å². The Bertz CT molecular complexity index is 322. The first-order valence-electron chi connectivity index (χ1n) is 8.20. The summed E-state index contributed by atoms with van der Waals surface area (Å²) in [7, 11) is 1.71. The lowest BCUT2D eigenvalue weighted by Gasteiger charge is -2.43. The summed E-state index contributed by atoms with van der Waals surface area (Å²) in [5, 5.41) is 6.61. The van der Waals surface area contributed by atoms with Crippen molar-refractivity contribution in [2.75, 3.05) is 26.7 Å². The van der Waals surface area contributed by atoms with E-state index in [1.54, 1.807) is 7.05 Å². The molecule has 2 rings (SSSR count). The molecule has 1 saturated heterocycles. The third kappa shape index (κ3) is 4.19. The van der Waals surface area contributed by atoms with Gasteiger partial charge in [-0.05, 0) is 31.1 Å². The topological polar surface area (TPSA) is 44.4 Å². The third-order valence-corrected chi connectivity index (χ3v) is 5.18. The van der Waals surface area contributed by atoms with Crippen molar-refractivity contribution >= 4 is 5.91 Å². The van der Waals surface area contributed by atoms with E-state index in [-0.39, 0.29) is 5.91 Å². The van der Waals surface area contributed by atoms with Crippen molar-refractivity contribution in [3.63, 3.8) is 0 Å². The lowest BCUT2D eigenvalue weighted by atomic mass is 9.73. The Labute approximate surface area is 123 Å². The van der Waals surface area contributed by atoms with E-state index >= 15 is 0 Å². The Balaban J connectivity index is 1.75. The number of nitrogens with one attached hydrogen (secondary N) is 2. The van der Waals surface area contributed by atoms with Gasteiger partial charge in [0.1, 0.15) is 0 Å². The molecule has 4 heteroatoms. The van der Waals surface area contributed by atoms with E-state index in [9.17, 15) is 4.79 Å². The minimum Gasteiger partial charge on any atom is -0.358 e. The molecule has 1 amide bonds. The van der Waals surface area contributed by atoms with Crippen LogP contribution in [-0.4, -0.2) is 49.6 Å². The van der Waals surface area contributed by atoms with Gasteiger partial charge in [-0.2, -0.15) is 0 Å². The van der Waals surface area contributed by atoms with Crippen LogP contribution in [0.4, 0.5) is 0 Å². The number of likely N-dealkylation sites (N-methyl/N-ethyl adjacent to an activating group) is 1. The minimum atomic E-state index is 0.129. The Kier molecular flexibility index (Phi) is 5.44. The molecule has 0 spiro atoms. The molecule has 2 fully saturated rings. The fourth-order valence-electron chi connectivity index (χ4n) is 3.63. The smallest absolute Gasteiger partial charge is 0.233 e. The number of carbonyl (C=O) groups excluding carboxylic acids is 1. The molecule has 1 aliphatic heterocycles. The van der Waals surface area contributed by atoms with Crippen LogP contribution in [-0.2, 0) is 4.79 Å². The van der Waals surface area contributed by atoms with Gasteiger partial charge in [0.15, 0.2) is 0 Å². The number of rotatable bonds is 4. The molecule has 1 heterocycles. The fraction of sp³-hybridized carbons (Fsp3) is 0.938. The summed E-state index contributed by atoms with van der Waals surface area (Å²) >= 11 is 0. The molecule has 4 nitrogen and oxygen atoms in total. The maximum absolute atomic E-state index is 11.4. The summed E-state index contributed by atoms with van der Waals surface area (Å²) in [6.45, 7) is 7.45. The molecule has 1 aliphatic carbocycles. The molecule has 0 aromatic heterocycles. The Morgan fingerprint density at radius 1 is 1.20 bits per heavy atom. The number of carbonyl (C=O) groups is 1. The van der Waals surface area contributed by atoms with E-state index in [1.165, 1.54) is 38.5 Å². The summed E-state index contributed by atoms with van der Waals surface area (Å²) in [6.07, 6.45) is 7.77. The van der Waals surface area contributed by atoms with Gasteiger partial charge in [-0.1, -0.05) is 26.7 Å². The van der Waals surface area contributed by atoms with Crippen molar-refractivity contribution < 1.29 is 4.79 Å². The van der Waals surface area contributed by atoms with Crippen LogP contribution < -0.4 is 10.6 Å². The van der Waals surface area contributed by atoms with Gasteiger partial charge in [0.2, 0.25) is 5.91 Å². The number of hydrogen-bond donors (Lipinski definition) is 2. The molecule has 116 valence electrons. The van der Waals surface area contributed by atoms with E-state index in [0.717, 1.165) is 13.1 Å². The molecule has 1 atom stereocenters. The Morgan fingerprint density at radius 2 is 1.90 bits per heavy atom. The number of likely N-dealkylation sites (tertiary alicyclic amines) is 1. The SMILES string of the molecule is CNC(=O)CN1CCC(NC2CCCCC2(C)C)CC1. The lowest BCUT2D eigenvalue weighted by molar-refractivity contribution is -0.122. The van der Waals surface area contributed by atoms with Gasteiger partial charge in [0.25, 0.3) is 0 Å². The van der Waals surface area contributed by atoms with Gasteiger partial charge in [-0.15, -0.1) is 0 Å². The summed E-state index contributed by atoms with van der Waals surface area (Å²) in [5.41, 5.74) is 0.442. The number of amides is 1. The van der Waals surface area contributed by atoms with Crippen LogP contribution in [0.15, 0.2) is 0 Å². The molecule has 1 saturated carbocycles. The van der Waals surface area contributed by atoms with Crippen LogP contribution in [0.3, 0.4) is 0 Å². The minimum absolute atomic E-state index is 0.129. The zero-order valence-corrected chi connectivity index (χ0v) is 13.4. The van der Waals surface area contributed by atoms with E-state index < -0.39 is 0 Å². The van der Waals surface area contributed by atoms with Crippen LogP contribution in [0, 0.1) is 5.41 Å². The largest absolute Gasteiger partial charge is 0.358 e. The normalized spacial score (nSPS) is 28.2. The second-order valence-electron chi connectivity index (χ2n) is 7.18. The maximum atomic E-state index is 11.4. The molecule has 0 bridgehead atoms. The van der Waals surface area contributed by atoms with Gasteiger partial charge in [-0.3, -0.25) is 9.69 Å². The highest BCUT2D eigenvalue weighted by Crippen LogP contribution is 2.36. The zero-order chi connectivity index (χ0) is 14.6. The van der Waals surface area contributed by atoms with Crippen molar-refractivity contribution in [1.82, 2.24) is 15.5 Å². The average molecular weight is 281 g/mol. The highest BCUT2D eigenvalue weighted by Gasteiger charge is 2.34. The number of nitrogens with zero attached hydrogens (tertiary/aromatic N) is 1. The first kappa shape index (κ1) is 15.8. The third-order valence-electron chi connectivity index (χ3n) is 5.18. The second-order valence-corrected chi connectivity index (χ2v) is 7.18. The van der Waals surface area contributed by atoms with Crippen molar-refractivity contribution in [1.29, 1.82) is 0 Å². The molecular formula is C16H31N3O. The van der Waals surface area contributed by atoms with E-state index in [2.05, 4.69) is 29.4 Å². The summed E-state index contributed by atoms with van der Waals surface area (Å²) in [4.78, 5) is 13.7. The van der Waals surface area contributed by atoms with Gasteiger partial charge in [0.05, 0.1) is 6.54 Å². The number of hydrogen-bond acceptors (Lipinski definition) is 3. The van der Waals surface area contributed by atoms with Gasteiger partial charge in [0, 0.05) is 32.2 Å². The molecule has 0 aromatic carbocycles. The second kappa shape index (κ2) is 6.90. The van der Waals surface area contributed by atoms with Gasteiger partial charge in [-0.25, -0.2) is 0 Å². The van der Waals surface area contributed by atoms with E-state index in [1.807, 2.05) is 0 Å². The molecular weight excluding hydrogens is 250 g/mol. The van der Waals surface area contributed by atoms with Crippen molar-refractivity contribution in [2.24, 2.45) is 5.41 Å². The molecule has 0 aromatic rings. The van der Waals surface area contributed by atoms with E-state index in [0.29, 0.717) is 24.0 Å². The Morgan fingerprint density at radius 3 is 2.50 bits per heavy atom. The maximum Gasteiger partial charge on any atom is 0.233 e. The first-order valence-corrected chi connectivity index (χ1v) is 8.20. The first-order chi connectivity index (χ1) is 9.51. The van der Waals surface area contributed by atoms with Crippen LogP contribution in [0.5, 0.6) is 0 Å². The van der Waals surface area contributed by atoms with Crippen LogP contribution >= 0.6 is 0 Å². The predicted octanol–water partition coefficient (Wildman–Crippen LogP) is 1.76. The van der Waals surface area contributed by atoms with Crippen molar-refractivity contribution in [2.45, 2.75) is 64.5 Å². The summed E-state index contributed by atoms with van der Waals surface area (Å²) in [5.74, 6) is 0.129. The van der Waals surface area contributed by atoms with Gasteiger partial charge < -0.3 is 10.6 Å². The zero-order valence-electron chi connectivity index (χ0n) is 13.4. The quantitative estimate of drug-likeness (QED) is 0.825. The van der Waals surface area contributed by atoms with Crippen LogP contribution in [0.25, 0.3) is 0 Å². The average Bonchev–Trinajstić information content (AvgIpc) is 2.43. The molecule has 0 radical (unpaired) electrons. The molecule has 1 unspecified atom stereocenters. The molecule has 2 aliphatic rings. The van der Waals surface area contributed by atoms with E-state index in [4.69, 9.17) is 0 Å². The van der Waals surface area contributed by atoms with Crippen molar-refractivity contribution in [3.8, 4) is 0 Å². The predicted molar refractivity (Wildman–Crippen MR) is 82.7 cm³/mol. The van der Waals surface area contributed by atoms with Gasteiger partial charge >= 0.3 is 0 Å². The monoisotopic (exact) mass is 281 g/mol. The van der Waals surface area contributed by atoms with Crippen LogP contribution in [0.1, 0.15) is 52.4 Å². The Hall–Kier alpha value is -0.610. The fourth-order valence-corrected chi connectivity index (χ4v) is 3.63. The highest BCUT2D eigenvalue weighted by atomic mass is 16.1. The standard InChI is InChI=1S/C16H31N3O/c1-16(2)9-5-4-6-14(16)18-13-7-10-19(11-8-13)12-15(20)17-3/h13-14,18H,4-12H2,1-3H3,(H,17,20).